The third kappa shape index (κ3) is 5.51. The topological polar surface area (TPSA) is 87.2 Å². The van der Waals surface area contributed by atoms with E-state index >= 15 is 0 Å². The van der Waals surface area contributed by atoms with E-state index in [1.807, 2.05) is 24.3 Å². The predicted octanol–water partition coefficient (Wildman–Crippen LogP) is 5.78. The van der Waals surface area contributed by atoms with Gasteiger partial charge >= 0.3 is 12.1 Å². The summed E-state index contributed by atoms with van der Waals surface area (Å²) in [6, 6.07) is 16.2. The van der Waals surface area contributed by atoms with Crippen molar-refractivity contribution in [1.29, 1.82) is 0 Å². The Hall–Kier alpha value is -3.44. The van der Waals surface area contributed by atoms with E-state index in [2.05, 4.69) is 4.90 Å². The lowest BCUT2D eigenvalue weighted by molar-refractivity contribution is -0.138. The number of benzene rings is 3. The van der Waals surface area contributed by atoms with Gasteiger partial charge in [0.15, 0.2) is 0 Å². The zero-order valence-corrected chi connectivity index (χ0v) is 22.0. The molecule has 1 saturated heterocycles. The Bertz CT molecular complexity index is 1510. The summed E-state index contributed by atoms with van der Waals surface area (Å²) in [4.78, 5) is 12.7. The van der Waals surface area contributed by atoms with Gasteiger partial charge in [-0.05, 0) is 54.4 Å². The summed E-state index contributed by atoms with van der Waals surface area (Å²) in [5.74, 6) is -0.785. The average molecular weight is 581 g/mol. The van der Waals surface area contributed by atoms with Crippen LogP contribution in [-0.4, -0.2) is 45.2 Å². The second kappa shape index (κ2) is 10.3. The first-order valence-electron chi connectivity index (χ1n) is 12.2. The van der Waals surface area contributed by atoms with Gasteiger partial charge in [0, 0.05) is 25.4 Å². The molecule has 12 heteroatoms. The number of hydrogen-bond donors (Lipinski definition) is 1. The molecule has 0 amide bonds. The van der Waals surface area contributed by atoms with Crippen molar-refractivity contribution in [2.45, 2.75) is 35.9 Å². The van der Waals surface area contributed by atoms with Crippen molar-refractivity contribution in [3.8, 4) is 5.75 Å². The molecule has 39 heavy (non-hydrogen) atoms. The molecular formula is C27H24ClF3N2O5S. The molecule has 0 radical (unpaired) electrons. The largest absolute Gasteiger partial charge is 0.486 e. The van der Waals surface area contributed by atoms with Crippen LogP contribution in [0.4, 0.5) is 24.5 Å². The van der Waals surface area contributed by atoms with Crippen LogP contribution in [0.15, 0.2) is 71.6 Å². The summed E-state index contributed by atoms with van der Waals surface area (Å²) in [6.45, 7) is 1.05. The van der Waals surface area contributed by atoms with E-state index in [1.54, 1.807) is 18.2 Å². The number of alkyl halides is 3. The van der Waals surface area contributed by atoms with Gasteiger partial charge in [-0.2, -0.15) is 13.2 Å². The Kier molecular flexibility index (Phi) is 7.15. The van der Waals surface area contributed by atoms with Gasteiger partial charge in [-0.25, -0.2) is 8.42 Å². The van der Waals surface area contributed by atoms with Gasteiger partial charge < -0.3 is 14.7 Å². The average Bonchev–Trinajstić information content (AvgIpc) is 2.86. The number of carboxylic acid groups (broad SMARTS) is 1. The van der Waals surface area contributed by atoms with E-state index in [-0.39, 0.29) is 36.7 Å². The lowest BCUT2D eigenvalue weighted by atomic mass is 9.90. The molecule has 1 unspecified atom stereocenters. The molecule has 2 heterocycles. The summed E-state index contributed by atoms with van der Waals surface area (Å²) in [5, 5.41) is 9.72. The zero-order valence-electron chi connectivity index (χ0n) is 20.4. The maximum absolute atomic E-state index is 13.7. The molecule has 1 N–H and O–H groups in total. The smallest absolute Gasteiger partial charge is 0.416 e. The Morgan fingerprint density at radius 3 is 2.44 bits per heavy atom. The van der Waals surface area contributed by atoms with Crippen LogP contribution in [0, 0.1) is 0 Å². The van der Waals surface area contributed by atoms with E-state index in [0.717, 1.165) is 33.8 Å². The highest BCUT2D eigenvalue weighted by molar-refractivity contribution is 7.92. The first-order valence-corrected chi connectivity index (χ1v) is 14.0. The fourth-order valence-corrected chi connectivity index (χ4v) is 6.60. The number of carboxylic acids is 1. The monoisotopic (exact) mass is 580 g/mol. The molecule has 1 atom stereocenters. The van der Waals surface area contributed by atoms with E-state index < -0.39 is 38.7 Å². The van der Waals surface area contributed by atoms with Gasteiger partial charge in [-0.1, -0.05) is 35.9 Å². The van der Waals surface area contributed by atoms with E-state index in [9.17, 15) is 26.4 Å². The highest BCUT2D eigenvalue weighted by Gasteiger charge is 2.38. The quantitative estimate of drug-likeness (QED) is 0.381. The van der Waals surface area contributed by atoms with E-state index in [4.69, 9.17) is 21.4 Å². The normalized spacial score (nSPS) is 17.8. The number of rotatable bonds is 7. The number of sulfonamides is 1. The van der Waals surface area contributed by atoms with Gasteiger partial charge in [-0.3, -0.25) is 9.10 Å². The summed E-state index contributed by atoms with van der Waals surface area (Å²) in [6.07, 6.45) is -5.74. The second-order valence-corrected chi connectivity index (χ2v) is 11.8. The molecule has 3 aromatic carbocycles. The molecule has 3 aromatic rings. The molecule has 0 aliphatic carbocycles. The Labute approximate surface area is 228 Å². The van der Waals surface area contributed by atoms with Crippen LogP contribution in [0.1, 0.15) is 29.9 Å². The van der Waals surface area contributed by atoms with Crippen LogP contribution in [-0.2, 0) is 21.0 Å². The summed E-state index contributed by atoms with van der Waals surface area (Å²) in [7, 11) is -4.44. The molecule has 2 aliphatic rings. The minimum atomic E-state index is -4.72. The fourth-order valence-electron chi connectivity index (χ4n) is 4.80. The predicted molar refractivity (Wildman–Crippen MR) is 140 cm³/mol. The van der Waals surface area contributed by atoms with Crippen molar-refractivity contribution in [2.75, 3.05) is 28.8 Å². The molecule has 1 fully saturated rings. The molecule has 206 valence electrons. The number of fused-ring (bicyclic) bond motifs is 1. The first-order chi connectivity index (χ1) is 18.4. The van der Waals surface area contributed by atoms with Gasteiger partial charge in [0.2, 0.25) is 0 Å². The number of aliphatic carboxylic acids is 1. The maximum atomic E-state index is 13.7. The van der Waals surface area contributed by atoms with Crippen molar-refractivity contribution in [1.82, 2.24) is 0 Å². The Balaban J connectivity index is 1.47. The van der Waals surface area contributed by atoms with E-state index in [1.165, 1.54) is 0 Å². The van der Waals surface area contributed by atoms with Crippen molar-refractivity contribution in [2.24, 2.45) is 0 Å². The third-order valence-electron chi connectivity index (χ3n) is 6.89. The van der Waals surface area contributed by atoms with Crippen molar-refractivity contribution < 1.29 is 36.2 Å². The lowest BCUT2D eigenvalue weighted by Crippen LogP contribution is -2.46. The Morgan fingerprint density at radius 2 is 1.74 bits per heavy atom. The van der Waals surface area contributed by atoms with Gasteiger partial charge in [0.1, 0.15) is 11.9 Å². The molecule has 7 nitrogen and oxygen atoms in total. The standard InChI is InChI=1S/C27H24ClF3N2O5S/c28-22-6-1-2-7-23(22)32-14-18(15-32)17-8-10-25-24(12-17)33(16-20(38-25)9-11-26(34)35)39(36,37)21-5-3-4-19(13-21)27(29,30)31/h1-8,10,12-13,18,20H,9,11,14-16H2,(H,34,35). The molecule has 0 spiro atoms. The molecule has 0 aromatic heterocycles. The maximum Gasteiger partial charge on any atom is 0.416 e. The number of anilines is 2. The minimum absolute atomic E-state index is 0.0283. The molecular weight excluding hydrogens is 557 g/mol. The summed E-state index contributed by atoms with van der Waals surface area (Å²) >= 11 is 6.31. The molecule has 0 saturated carbocycles. The number of carbonyl (C=O) groups is 1. The van der Waals surface area contributed by atoms with Gasteiger partial charge in [0.05, 0.1) is 33.4 Å². The highest BCUT2D eigenvalue weighted by Crippen LogP contribution is 2.43. The number of ether oxygens (including phenoxy) is 1. The van der Waals surface area contributed by atoms with Gasteiger partial charge in [-0.15, -0.1) is 0 Å². The number of hydrogen-bond acceptors (Lipinski definition) is 5. The third-order valence-corrected chi connectivity index (χ3v) is 8.99. The Morgan fingerprint density at radius 1 is 1.00 bits per heavy atom. The molecule has 5 rings (SSSR count). The van der Waals surface area contributed by atoms with Gasteiger partial charge in [0.25, 0.3) is 10.0 Å². The van der Waals surface area contributed by atoms with Crippen molar-refractivity contribution >= 4 is 39.0 Å². The van der Waals surface area contributed by atoms with Crippen LogP contribution < -0.4 is 13.9 Å². The van der Waals surface area contributed by atoms with Crippen LogP contribution in [0.5, 0.6) is 5.75 Å². The number of halogens is 4. The molecule has 0 bridgehead atoms. The van der Waals surface area contributed by atoms with Crippen LogP contribution in [0.25, 0.3) is 0 Å². The van der Waals surface area contributed by atoms with E-state index in [0.29, 0.717) is 24.2 Å². The summed E-state index contributed by atoms with van der Waals surface area (Å²) < 4.78 is 74.4. The number of nitrogens with zero attached hydrogens (tertiary/aromatic N) is 2. The first kappa shape index (κ1) is 27.1. The number of para-hydroxylation sites is 1. The SMILES string of the molecule is O=C(O)CCC1CN(S(=O)(=O)c2cccc(C(F)(F)F)c2)c2cc(C3CN(c4ccccc4Cl)C3)ccc2O1. The minimum Gasteiger partial charge on any atom is -0.486 e. The lowest BCUT2D eigenvalue weighted by Gasteiger charge is -2.42. The van der Waals surface area contributed by atoms with Crippen molar-refractivity contribution in [3.63, 3.8) is 0 Å². The van der Waals surface area contributed by atoms with Crippen molar-refractivity contribution in [3.05, 3.63) is 82.9 Å². The van der Waals surface area contributed by atoms with Crippen LogP contribution >= 0.6 is 11.6 Å². The zero-order chi connectivity index (χ0) is 27.9. The van der Waals surface area contributed by atoms with Crippen LogP contribution in [0.3, 0.4) is 0 Å². The molecule has 2 aliphatic heterocycles. The summed E-state index contributed by atoms with van der Waals surface area (Å²) in [5.41, 5.74) is 0.857. The fraction of sp³-hybridized carbons (Fsp3) is 0.296. The highest BCUT2D eigenvalue weighted by atomic mass is 35.5. The second-order valence-electron chi connectivity index (χ2n) is 9.51. The van der Waals surface area contributed by atoms with Crippen LogP contribution in [0.2, 0.25) is 5.02 Å².